The molecule has 0 atom stereocenters. The Morgan fingerprint density at radius 1 is 1.10 bits per heavy atom. The van der Waals surface area contributed by atoms with Crippen molar-refractivity contribution in [1.29, 1.82) is 0 Å². The molecule has 0 saturated carbocycles. The standard InChI is InChI=1S/C22H22BrN5O/c1-22(29)8-11-27(12-9-22)17-5-3-16(4-6-17)25-20-21-24-10-13-28(21)19-14-15(23)2-7-18(19)26-20/h2-7,10,13-14,29H,8-9,11-12H2,1H3,(H,25,26). The summed E-state index contributed by atoms with van der Waals surface area (Å²) in [5.74, 6) is 0.728. The number of nitrogens with zero attached hydrogens (tertiary/aromatic N) is 4. The monoisotopic (exact) mass is 451 g/mol. The largest absolute Gasteiger partial charge is 0.390 e. The minimum atomic E-state index is -0.537. The van der Waals surface area contributed by atoms with Crippen LogP contribution in [0.25, 0.3) is 16.7 Å². The van der Waals surface area contributed by atoms with Gasteiger partial charge in [-0.1, -0.05) is 15.9 Å². The van der Waals surface area contributed by atoms with Gasteiger partial charge in [-0.2, -0.15) is 0 Å². The molecule has 6 nitrogen and oxygen atoms in total. The number of hydrogen-bond donors (Lipinski definition) is 2. The number of hydrogen-bond acceptors (Lipinski definition) is 5. The van der Waals surface area contributed by atoms with Crippen molar-refractivity contribution in [2.24, 2.45) is 0 Å². The summed E-state index contributed by atoms with van der Waals surface area (Å²) in [7, 11) is 0. The maximum Gasteiger partial charge on any atom is 0.180 e. The smallest absolute Gasteiger partial charge is 0.180 e. The van der Waals surface area contributed by atoms with E-state index in [0.29, 0.717) is 0 Å². The zero-order valence-corrected chi connectivity index (χ0v) is 17.7. The fraction of sp³-hybridized carbons (Fsp3) is 0.273. The first-order chi connectivity index (χ1) is 14.0. The molecule has 5 rings (SSSR count). The Bertz CT molecular complexity index is 1180. The summed E-state index contributed by atoms with van der Waals surface area (Å²) in [5, 5.41) is 13.6. The quantitative estimate of drug-likeness (QED) is 0.470. The first-order valence-corrected chi connectivity index (χ1v) is 10.5. The molecule has 2 aromatic carbocycles. The van der Waals surface area contributed by atoms with Gasteiger partial charge in [-0.15, -0.1) is 0 Å². The van der Waals surface area contributed by atoms with Crippen molar-refractivity contribution in [3.05, 3.63) is 59.3 Å². The lowest BCUT2D eigenvalue weighted by Crippen LogP contribution is -2.42. The number of piperidine rings is 1. The van der Waals surface area contributed by atoms with Gasteiger partial charge in [0.15, 0.2) is 11.5 Å². The van der Waals surface area contributed by atoms with Crippen molar-refractivity contribution < 1.29 is 5.11 Å². The predicted octanol–water partition coefficient (Wildman–Crippen LogP) is 4.74. The second kappa shape index (κ2) is 7.00. The van der Waals surface area contributed by atoms with E-state index in [0.717, 1.165) is 58.6 Å². The van der Waals surface area contributed by atoms with Gasteiger partial charge in [0.2, 0.25) is 0 Å². The van der Waals surface area contributed by atoms with Crippen LogP contribution in [0.15, 0.2) is 59.3 Å². The van der Waals surface area contributed by atoms with E-state index in [1.54, 1.807) is 6.20 Å². The molecule has 1 aliphatic heterocycles. The van der Waals surface area contributed by atoms with E-state index in [9.17, 15) is 5.11 Å². The molecule has 3 heterocycles. The molecule has 4 aromatic rings. The lowest BCUT2D eigenvalue weighted by Gasteiger charge is -2.37. The molecule has 0 amide bonds. The van der Waals surface area contributed by atoms with Crippen LogP contribution in [0.5, 0.6) is 0 Å². The Morgan fingerprint density at radius 3 is 2.62 bits per heavy atom. The maximum atomic E-state index is 10.2. The van der Waals surface area contributed by atoms with E-state index in [4.69, 9.17) is 4.98 Å². The third-order valence-electron chi connectivity index (χ3n) is 5.62. The summed E-state index contributed by atoms with van der Waals surface area (Å²) < 4.78 is 3.06. The van der Waals surface area contributed by atoms with Crippen LogP contribution in [0.1, 0.15) is 19.8 Å². The van der Waals surface area contributed by atoms with Gasteiger partial charge >= 0.3 is 0 Å². The number of halogens is 1. The number of benzene rings is 2. The van der Waals surface area contributed by atoms with Gasteiger partial charge in [0.05, 0.1) is 16.6 Å². The van der Waals surface area contributed by atoms with E-state index in [1.807, 2.05) is 35.7 Å². The van der Waals surface area contributed by atoms with Crippen molar-refractivity contribution in [1.82, 2.24) is 14.4 Å². The molecule has 0 bridgehead atoms. The highest BCUT2D eigenvalue weighted by atomic mass is 79.9. The number of anilines is 3. The minimum absolute atomic E-state index is 0.537. The average molecular weight is 452 g/mol. The summed E-state index contributed by atoms with van der Waals surface area (Å²) in [6, 6.07) is 14.4. The molecule has 2 aromatic heterocycles. The second-order valence-corrected chi connectivity index (χ2v) is 8.79. The SMILES string of the molecule is CC1(O)CCN(c2ccc(Nc3nc4ccc(Br)cc4n4ccnc34)cc2)CC1. The highest BCUT2D eigenvalue weighted by Crippen LogP contribution is 2.29. The lowest BCUT2D eigenvalue weighted by molar-refractivity contribution is 0.0351. The summed E-state index contributed by atoms with van der Waals surface area (Å²) in [6.45, 7) is 3.66. The molecule has 0 unspecified atom stereocenters. The van der Waals surface area contributed by atoms with Crippen LogP contribution in [-0.4, -0.2) is 38.2 Å². The number of aromatic nitrogens is 3. The number of fused-ring (bicyclic) bond motifs is 3. The summed E-state index contributed by atoms with van der Waals surface area (Å²) in [4.78, 5) is 11.6. The fourth-order valence-corrected chi connectivity index (χ4v) is 4.20. The summed E-state index contributed by atoms with van der Waals surface area (Å²) in [6.07, 6.45) is 5.33. The number of aliphatic hydroxyl groups is 1. The van der Waals surface area contributed by atoms with Crippen LogP contribution in [0, 0.1) is 0 Å². The Hall–Kier alpha value is -2.64. The average Bonchev–Trinajstić information content (AvgIpc) is 3.20. The zero-order chi connectivity index (χ0) is 20.0. The summed E-state index contributed by atoms with van der Waals surface area (Å²) >= 11 is 3.53. The van der Waals surface area contributed by atoms with E-state index in [2.05, 4.69) is 55.4 Å². The van der Waals surface area contributed by atoms with Crippen LogP contribution in [-0.2, 0) is 0 Å². The lowest BCUT2D eigenvalue weighted by atomic mass is 9.93. The third kappa shape index (κ3) is 3.56. The van der Waals surface area contributed by atoms with Crippen molar-refractivity contribution in [3.8, 4) is 0 Å². The molecule has 7 heteroatoms. The molecule has 0 aliphatic carbocycles. The highest BCUT2D eigenvalue weighted by molar-refractivity contribution is 9.10. The first kappa shape index (κ1) is 18.4. The predicted molar refractivity (Wildman–Crippen MR) is 120 cm³/mol. The second-order valence-electron chi connectivity index (χ2n) is 7.87. The Labute approximate surface area is 177 Å². The topological polar surface area (TPSA) is 65.7 Å². The normalized spacial score (nSPS) is 16.4. The van der Waals surface area contributed by atoms with Gasteiger partial charge in [0, 0.05) is 41.3 Å². The van der Waals surface area contributed by atoms with E-state index < -0.39 is 5.60 Å². The minimum Gasteiger partial charge on any atom is -0.390 e. The van der Waals surface area contributed by atoms with Crippen LogP contribution in [0.2, 0.25) is 0 Å². The van der Waals surface area contributed by atoms with Gasteiger partial charge in [-0.25, -0.2) is 9.97 Å². The van der Waals surface area contributed by atoms with Crippen LogP contribution in [0.3, 0.4) is 0 Å². The fourth-order valence-electron chi connectivity index (χ4n) is 3.85. The van der Waals surface area contributed by atoms with Crippen LogP contribution >= 0.6 is 15.9 Å². The molecule has 1 aliphatic rings. The zero-order valence-electron chi connectivity index (χ0n) is 16.1. The molecule has 29 heavy (non-hydrogen) atoms. The van der Waals surface area contributed by atoms with E-state index in [-0.39, 0.29) is 0 Å². The van der Waals surface area contributed by atoms with Gasteiger partial charge in [-0.05, 0) is 62.2 Å². The molecule has 1 fully saturated rings. The Balaban J connectivity index is 1.42. The molecule has 0 spiro atoms. The Kier molecular flexibility index (Phi) is 4.44. The maximum absolute atomic E-state index is 10.2. The number of nitrogens with one attached hydrogen (secondary N) is 1. The van der Waals surface area contributed by atoms with Crippen molar-refractivity contribution in [3.63, 3.8) is 0 Å². The highest BCUT2D eigenvalue weighted by Gasteiger charge is 2.27. The molecule has 1 saturated heterocycles. The van der Waals surface area contributed by atoms with Crippen LogP contribution in [0.4, 0.5) is 17.2 Å². The van der Waals surface area contributed by atoms with Crippen molar-refractivity contribution in [2.75, 3.05) is 23.3 Å². The summed E-state index contributed by atoms with van der Waals surface area (Å²) in [5.41, 5.74) is 4.30. The number of imidazole rings is 1. The van der Waals surface area contributed by atoms with Gasteiger partial charge in [0.1, 0.15) is 0 Å². The molecular formula is C22H22BrN5O. The van der Waals surface area contributed by atoms with E-state index in [1.165, 1.54) is 5.69 Å². The van der Waals surface area contributed by atoms with Crippen molar-refractivity contribution in [2.45, 2.75) is 25.4 Å². The van der Waals surface area contributed by atoms with Crippen LogP contribution < -0.4 is 10.2 Å². The third-order valence-corrected chi connectivity index (χ3v) is 6.11. The Morgan fingerprint density at radius 2 is 1.86 bits per heavy atom. The van der Waals surface area contributed by atoms with Gasteiger partial charge in [-0.3, -0.25) is 4.40 Å². The first-order valence-electron chi connectivity index (χ1n) is 9.75. The molecule has 2 N–H and O–H groups in total. The molecule has 0 radical (unpaired) electrons. The van der Waals surface area contributed by atoms with Gasteiger partial charge in [0.25, 0.3) is 0 Å². The van der Waals surface area contributed by atoms with Crippen molar-refractivity contribution >= 4 is 49.8 Å². The molecule has 148 valence electrons. The van der Waals surface area contributed by atoms with E-state index >= 15 is 0 Å². The van der Waals surface area contributed by atoms with Gasteiger partial charge < -0.3 is 15.3 Å². The molecular weight excluding hydrogens is 430 g/mol. The number of rotatable bonds is 3.